The van der Waals surface area contributed by atoms with E-state index in [9.17, 15) is 14.7 Å². The number of carbonyl (C=O) groups is 2. The lowest BCUT2D eigenvalue weighted by atomic mass is 10.0. The van der Waals surface area contributed by atoms with E-state index in [0.717, 1.165) is 27.3 Å². The normalized spacial score (nSPS) is 18.6. The molecule has 3 N–H and O–H groups in total. The summed E-state index contributed by atoms with van der Waals surface area (Å²) in [6, 6.07) is 28.9. The number of nitrogens with one attached hydrogen (secondary N) is 2. The van der Waals surface area contributed by atoms with E-state index in [1.54, 1.807) is 30.1 Å². The number of carbonyl (C=O) groups excluding carboxylic acids is 2. The van der Waals surface area contributed by atoms with Crippen LogP contribution in [-0.4, -0.2) is 47.1 Å². The smallest absolute Gasteiger partial charge is 0.328 e. The Bertz CT molecular complexity index is 1490. The number of hydrogen-bond acceptors (Lipinski definition) is 8. The van der Waals surface area contributed by atoms with Crippen LogP contribution in [0.3, 0.4) is 0 Å². The molecule has 4 atom stereocenters. The zero-order chi connectivity index (χ0) is 30.7. The van der Waals surface area contributed by atoms with Gasteiger partial charge in [0.2, 0.25) is 0 Å². The summed E-state index contributed by atoms with van der Waals surface area (Å²) in [7, 11) is 1.30. The third-order valence-corrected chi connectivity index (χ3v) is 8.26. The second-order valence-electron chi connectivity index (χ2n) is 10.3. The van der Waals surface area contributed by atoms with Crippen molar-refractivity contribution in [3.05, 3.63) is 126 Å². The van der Waals surface area contributed by atoms with Crippen molar-refractivity contribution in [2.24, 2.45) is 0 Å². The van der Waals surface area contributed by atoms with Crippen LogP contribution in [0.25, 0.3) is 0 Å². The Hall–Kier alpha value is -4.22. The van der Waals surface area contributed by atoms with Crippen molar-refractivity contribution in [1.82, 2.24) is 10.3 Å². The molecular weight excluding hydrogens is 578 g/mol. The van der Waals surface area contributed by atoms with Gasteiger partial charge in [-0.25, -0.2) is 14.6 Å². The number of aliphatic hydroxyl groups excluding tert-OH is 1. The highest BCUT2D eigenvalue weighted by atomic mass is 32.2. The van der Waals surface area contributed by atoms with Crippen LogP contribution in [0.2, 0.25) is 0 Å². The Morgan fingerprint density at radius 3 is 2.34 bits per heavy atom. The number of rotatable bonds is 11. The average molecular weight is 614 g/mol. The van der Waals surface area contributed by atoms with E-state index in [1.165, 1.54) is 7.11 Å². The lowest BCUT2D eigenvalue weighted by Gasteiger charge is -2.36. The molecule has 1 fully saturated rings. The summed E-state index contributed by atoms with van der Waals surface area (Å²) in [6.45, 7) is -0.0182. The second-order valence-corrected chi connectivity index (χ2v) is 11.4. The first kappa shape index (κ1) is 31.2. The van der Waals surface area contributed by atoms with E-state index in [1.807, 2.05) is 84.9 Å². The predicted octanol–water partition coefficient (Wildman–Crippen LogP) is 5.82. The van der Waals surface area contributed by atoms with Gasteiger partial charge in [-0.2, -0.15) is 0 Å². The number of aliphatic hydroxyl groups is 1. The van der Waals surface area contributed by atoms with Crippen molar-refractivity contribution < 1.29 is 28.9 Å². The maximum Gasteiger partial charge on any atom is 0.328 e. The number of thioether (sulfide) groups is 1. The minimum absolute atomic E-state index is 0.0182. The summed E-state index contributed by atoms with van der Waals surface area (Å²) in [5.41, 5.74) is 4.10. The summed E-state index contributed by atoms with van der Waals surface area (Å²) in [5.74, 6) is 0.175. The fourth-order valence-corrected chi connectivity index (χ4v) is 5.75. The lowest BCUT2D eigenvalue weighted by Crippen LogP contribution is -2.45. The van der Waals surface area contributed by atoms with Crippen molar-refractivity contribution in [2.75, 3.05) is 18.2 Å². The van der Waals surface area contributed by atoms with Gasteiger partial charge >= 0.3 is 12.0 Å². The van der Waals surface area contributed by atoms with Crippen LogP contribution in [0, 0.1) is 0 Å². The molecule has 2 heterocycles. The summed E-state index contributed by atoms with van der Waals surface area (Å²) in [6.07, 6.45) is 1.80. The van der Waals surface area contributed by atoms with Crippen LogP contribution < -0.4 is 10.6 Å². The number of nitrogens with zero attached hydrogens (tertiary/aromatic N) is 1. The molecule has 9 nitrogen and oxygen atoms in total. The number of methoxy groups -OCH3 is 1. The minimum Gasteiger partial charge on any atom is -0.467 e. The van der Waals surface area contributed by atoms with Crippen molar-refractivity contribution in [3.8, 4) is 0 Å². The quantitative estimate of drug-likeness (QED) is 0.143. The number of benzene rings is 3. The molecule has 0 aliphatic carbocycles. The van der Waals surface area contributed by atoms with E-state index >= 15 is 0 Å². The van der Waals surface area contributed by atoms with E-state index < -0.39 is 24.3 Å². The van der Waals surface area contributed by atoms with E-state index in [2.05, 4.69) is 15.6 Å². The first-order valence-electron chi connectivity index (χ1n) is 14.3. The molecule has 2 amide bonds. The number of pyridine rings is 1. The van der Waals surface area contributed by atoms with Crippen molar-refractivity contribution in [3.63, 3.8) is 0 Å². The third-order valence-electron chi connectivity index (χ3n) is 7.18. The summed E-state index contributed by atoms with van der Waals surface area (Å²) < 4.78 is 17.7. The van der Waals surface area contributed by atoms with Gasteiger partial charge in [0.05, 0.1) is 31.0 Å². The SMILES string of the molecule is COC(=O)[C@H](Cc1ccccc1)NC(=O)Nc1ccc([C@H]2O[C@@H](CSc3ccccn3)C[C@@H](c3ccc(CO)cc3)O2)cc1. The summed E-state index contributed by atoms with van der Waals surface area (Å²) in [4.78, 5) is 29.5. The van der Waals surface area contributed by atoms with Gasteiger partial charge in [-0.3, -0.25) is 0 Å². The van der Waals surface area contributed by atoms with Crippen molar-refractivity contribution >= 4 is 29.4 Å². The molecule has 0 unspecified atom stereocenters. The molecule has 0 spiro atoms. The second kappa shape index (κ2) is 15.5. The largest absolute Gasteiger partial charge is 0.467 e. The molecule has 228 valence electrons. The Morgan fingerprint density at radius 2 is 1.66 bits per heavy atom. The Balaban J connectivity index is 1.25. The van der Waals surface area contributed by atoms with Gasteiger partial charge in [0.25, 0.3) is 0 Å². The number of urea groups is 1. The number of esters is 1. The van der Waals surface area contributed by atoms with Crippen LogP contribution in [0.4, 0.5) is 10.5 Å². The van der Waals surface area contributed by atoms with Crippen molar-refractivity contribution in [1.29, 1.82) is 0 Å². The molecule has 5 rings (SSSR count). The Labute approximate surface area is 261 Å². The first-order valence-corrected chi connectivity index (χ1v) is 15.3. The fraction of sp³-hybridized carbons (Fsp3) is 0.265. The van der Waals surface area contributed by atoms with Crippen molar-refractivity contribution in [2.45, 2.75) is 49.0 Å². The van der Waals surface area contributed by atoms with Gasteiger partial charge in [0.1, 0.15) is 6.04 Å². The maximum atomic E-state index is 12.8. The van der Waals surface area contributed by atoms with Crippen LogP contribution in [0.15, 0.2) is 108 Å². The third kappa shape index (κ3) is 8.67. The molecule has 1 aliphatic heterocycles. The topological polar surface area (TPSA) is 119 Å². The number of amides is 2. The van der Waals surface area contributed by atoms with E-state index in [0.29, 0.717) is 24.3 Å². The highest BCUT2D eigenvalue weighted by molar-refractivity contribution is 7.99. The highest BCUT2D eigenvalue weighted by Gasteiger charge is 2.32. The summed E-state index contributed by atoms with van der Waals surface area (Å²) in [5, 5.41) is 15.9. The molecule has 0 radical (unpaired) electrons. The molecule has 44 heavy (non-hydrogen) atoms. The summed E-state index contributed by atoms with van der Waals surface area (Å²) >= 11 is 1.63. The molecule has 1 aliphatic rings. The zero-order valence-corrected chi connectivity index (χ0v) is 25.1. The van der Waals surface area contributed by atoms with Crippen LogP contribution in [0.5, 0.6) is 0 Å². The standard InChI is InChI=1S/C34H35N3O6S/c1-41-32(39)29(19-23-7-3-2-4-8-23)37-34(40)36-27-16-14-26(15-17-27)33-42-28(22-44-31-9-5-6-18-35-31)20-30(43-33)25-12-10-24(21-38)11-13-25/h2-18,28-30,33,38H,19-22H2,1H3,(H2,36,37,40)/t28-,29+,30+,33+/m1/s1. The van der Waals surface area contributed by atoms with Crippen LogP contribution in [-0.2, 0) is 32.0 Å². The molecule has 0 bridgehead atoms. The monoisotopic (exact) mass is 613 g/mol. The highest BCUT2D eigenvalue weighted by Crippen LogP contribution is 2.39. The maximum absolute atomic E-state index is 12.8. The van der Waals surface area contributed by atoms with Crippen LogP contribution in [0.1, 0.15) is 41.1 Å². The van der Waals surface area contributed by atoms with Gasteiger partial charge in [0, 0.05) is 36.0 Å². The lowest BCUT2D eigenvalue weighted by molar-refractivity contribution is -0.245. The Kier molecular flexibility index (Phi) is 11.0. The number of ether oxygens (including phenoxy) is 3. The fourth-order valence-electron chi connectivity index (χ4n) is 4.87. The first-order chi connectivity index (χ1) is 21.5. The molecule has 1 saturated heterocycles. The molecular formula is C34H35N3O6S. The van der Waals surface area contributed by atoms with Gasteiger partial charge in [-0.1, -0.05) is 72.8 Å². The molecule has 4 aromatic rings. The number of aromatic nitrogens is 1. The van der Waals surface area contributed by atoms with Gasteiger partial charge in [-0.15, -0.1) is 11.8 Å². The predicted molar refractivity (Wildman–Crippen MR) is 168 cm³/mol. The van der Waals surface area contributed by atoms with Gasteiger partial charge in [0.15, 0.2) is 6.29 Å². The van der Waals surface area contributed by atoms with E-state index in [-0.39, 0.29) is 18.8 Å². The van der Waals surface area contributed by atoms with Gasteiger partial charge in [-0.05, 0) is 41.0 Å². The molecule has 1 aromatic heterocycles. The number of hydrogen-bond donors (Lipinski definition) is 3. The molecule has 3 aromatic carbocycles. The number of anilines is 1. The van der Waals surface area contributed by atoms with E-state index in [4.69, 9.17) is 14.2 Å². The minimum atomic E-state index is -0.838. The molecule has 0 saturated carbocycles. The Morgan fingerprint density at radius 1 is 0.932 bits per heavy atom. The van der Waals surface area contributed by atoms with Crippen LogP contribution >= 0.6 is 11.8 Å². The molecule has 10 heteroatoms. The zero-order valence-electron chi connectivity index (χ0n) is 24.3. The average Bonchev–Trinajstić information content (AvgIpc) is 3.08. The van der Waals surface area contributed by atoms with Gasteiger partial charge < -0.3 is 30.0 Å².